The number of carbonyl (C=O) groups is 1. The molecule has 0 radical (unpaired) electrons. The Kier molecular flexibility index (Phi) is 3.60. The average Bonchev–Trinajstić information content (AvgIpc) is 3.13. The topological polar surface area (TPSA) is 29.5 Å². The normalized spacial score (nSPS) is 14.7. The zero-order valence-electron chi connectivity index (χ0n) is 11.6. The zero-order valence-corrected chi connectivity index (χ0v) is 11.6. The van der Waals surface area contributed by atoms with E-state index in [0.717, 1.165) is 29.7 Å². The number of carbonyl (C=O) groups excluding carboxylic acids is 1. The maximum Gasteiger partial charge on any atom is 0.254 e. The van der Waals surface area contributed by atoms with Crippen molar-refractivity contribution in [1.29, 1.82) is 0 Å². The standard InChI is InChI=1S/C15H21NO2/c1-10(2)16(13-7-8-13)15(17)12-6-5-11(3)14(9-12)18-4/h5-6,9-10,13H,7-8H2,1-4H3. The van der Waals surface area contributed by atoms with Crippen molar-refractivity contribution in [2.45, 2.75) is 45.7 Å². The number of nitrogens with zero attached hydrogens (tertiary/aromatic N) is 1. The molecule has 2 rings (SSSR count). The lowest BCUT2D eigenvalue weighted by Crippen LogP contribution is -2.38. The Bertz CT molecular complexity index is 448. The molecule has 1 saturated carbocycles. The minimum Gasteiger partial charge on any atom is -0.496 e. The summed E-state index contributed by atoms with van der Waals surface area (Å²) in [4.78, 5) is 14.5. The summed E-state index contributed by atoms with van der Waals surface area (Å²) in [6.07, 6.45) is 2.26. The fourth-order valence-corrected chi connectivity index (χ4v) is 2.28. The highest BCUT2D eigenvalue weighted by atomic mass is 16.5. The number of benzene rings is 1. The SMILES string of the molecule is COc1cc(C(=O)N(C(C)C)C2CC2)ccc1C. The van der Waals surface area contributed by atoms with E-state index in [1.54, 1.807) is 7.11 Å². The maximum atomic E-state index is 12.5. The molecule has 18 heavy (non-hydrogen) atoms. The summed E-state index contributed by atoms with van der Waals surface area (Å²) in [6, 6.07) is 6.35. The van der Waals surface area contributed by atoms with Crippen molar-refractivity contribution in [3.05, 3.63) is 29.3 Å². The molecule has 1 fully saturated rings. The third kappa shape index (κ3) is 2.50. The summed E-state index contributed by atoms with van der Waals surface area (Å²) in [5, 5.41) is 0. The lowest BCUT2D eigenvalue weighted by Gasteiger charge is -2.27. The van der Waals surface area contributed by atoms with Crippen LogP contribution < -0.4 is 4.74 Å². The summed E-state index contributed by atoms with van der Waals surface area (Å²) in [5.41, 5.74) is 1.77. The molecule has 1 aromatic carbocycles. The van der Waals surface area contributed by atoms with Crippen LogP contribution in [0.3, 0.4) is 0 Å². The van der Waals surface area contributed by atoms with E-state index < -0.39 is 0 Å². The van der Waals surface area contributed by atoms with Gasteiger partial charge in [0.2, 0.25) is 0 Å². The molecular formula is C15H21NO2. The van der Waals surface area contributed by atoms with E-state index in [2.05, 4.69) is 13.8 Å². The predicted molar refractivity (Wildman–Crippen MR) is 72.1 cm³/mol. The van der Waals surface area contributed by atoms with Crippen LogP contribution in [0.15, 0.2) is 18.2 Å². The van der Waals surface area contributed by atoms with Gasteiger partial charge in [-0.05, 0) is 51.3 Å². The fraction of sp³-hybridized carbons (Fsp3) is 0.533. The number of aryl methyl sites for hydroxylation is 1. The Morgan fingerprint density at radius 3 is 2.56 bits per heavy atom. The van der Waals surface area contributed by atoms with E-state index in [1.807, 2.05) is 30.0 Å². The third-order valence-corrected chi connectivity index (χ3v) is 3.39. The van der Waals surface area contributed by atoms with Gasteiger partial charge in [0.05, 0.1) is 7.11 Å². The van der Waals surface area contributed by atoms with E-state index in [-0.39, 0.29) is 11.9 Å². The highest BCUT2D eigenvalue weighted by molar-refractivity contribution is 5.95. The highest BCUT2D eigenvalue weighted by Gasteiger charge is 2.34. The van der Waals surface area contributed by atoms with Gasteiger partial charge in [0.25, 0.3) is 5.91 Å². The molecule has 1 aliphatic rings. The van der Waals surface area contributed by atoms with Gasteiger partial charge >= 0.3 is 0 Å². The molecule has 1 aromatic rings. The van der Waals surface area contributed by atoms with Crippen LogP contribution in [-0.2, 0) is 0 Å². The molecule has 1 aliphatic carbocycles. The van der Waals surface area contributed by atoms with Crippen molar-refractivity contribution in [3.63, 3.8) is 0 Å². The Morgan fingerprint density at radius 1 is 1.39 bits per heavy atom. The zero-order chi connectivity index (χ0) is 13.3. The molecule has 0 aliphatic heterocycles. The number of methoxy groups -OCH3 is 1. The Morgan fingerprint density at radius 2 is 2.06 bits per heavy atom. The molecule has 1 amide bonds. The van der Waals surface area contributed by atoms with Crippen LogP contribution in [0, 0.1) is 6.92 Å². The smallest absolute Gasteiger partial charge is 0.254 e. The monoisotopic (exact) mass is 247 g/mol. The molecule has 3 nitrogen and oxygen atoms in total. The number of rotatable bonds is 4. The van der Waals surface area contributed by atoms with Crippen molar-refractivity contribution in [3.8, 4) is 5.75 Å². The van der Waals surface area contributed by atoms with Gasteiger partial charge in [0.15, 0.2) is 0 Å². The van der Waals surface area contributed by atoms with E-state index in [1.165, 1.54) is 0 Å². The molecule has 0 spiro atoms. The van der Waals surface area contributed by atoms with E-state index in [0.29, 0.717) is 6.04 Å². The lowest BCUT2D eigenvalue weighted by molar-refractivity contribution is 0.0690. The number of hydrogen-bond acceptors (Lipinski definition) is 2. The van der Waals surface area contributed by atoms with Gasteiger partial charge in [-0.1, -0.05) is 6.07 Å². The van der Waals surface area contributed by atoms with E-state index in [9.17, 15) is 4.79 Å². The average molecular weight is 247 g/mol. The van der Waals surface area contributed by atoms with Crippen LogP contribution in [0.4, 0.5) is 0 Å². The summed E-state index contributed by atoms with van der Waals surface area (Å²) < 4.78 is 5.28. The number of amides is 1. The van der Waals surface area contributed by atoms with Gasteiger partial charge in [-0.3, -0.25) is 4.79 Å². The van der Waals surface area contributed by atoms with Crippen molar-refractivity contribution in [2.75, 3.05) is 7.11 Å². The second kappa shape index (κ2) is 5.01. The quantitative estimate of drug-likeness (QED) is 0.818. The van der Waals surface area contributed by atoms with Crippen LogP contribution in [-0.4, -0.2) is 30.0 Å². The molecule has 3 heteroatoms. The second-order valence-electron chi connectivity index (χ2n) is 5.22. The first kappa shape index (κ1) is 12.9. The van der Waals surface area contributed by atoms with Crippen LogP contribution in [0.25, 0.3) is 0 Å². The highest BCUT2D eigenvalue weighted by Crippen LogP contribution is 2.31. The lowest BCUT2D eigenvalue weighted by atomic mass is 10.1. The van der Waals surface area contributed by atoms with E-state index in [4.69, 9.17) is 4.74 Å². The van der Waals surface area contributed by atoms with Crippen molar-refractivity contribution in [1.82, 2.24) is 4.90 Å². The molecular weight excluding hydrogens is 226 g/mol. The molecule has 0 N–H and O–H groups in total. The minimum absolute atomic E-state index is 0.116. The van der Waals surface area contributed by atoms with Gasteiger partial charge in [-0.2, -0.15) is 0 Å². The molecule has 0 heterocycles. The van der Waals surface area contributed by atoms with Crippen LogP contribution in [0.1, 0.15) is 42.6 Å². The fourth-order valence-electron chi connectivity index (χ4n) is 2.28. The van der Waals surface area contributed by atoms with Gasteiger partial charge in [-0.15, -0.1) is 0 Å². The molecule has 0 atom stereocenters. The minimum atomic E-state index is 0.116. The Hall–Kier alpha value is -1.51. The van der Waals surface area contributed by atoms with Crippen molar-refractivity contribution >= 4 is 5.91 Å². The molecule has 0 bridgehead atoms. The van der Waals surface area contributed by atoms with Gasteiger partial charge in [0.1, 0.15) is 5.75 Å². The third-order valence-electron chi connectivity index (χ3n) is 3.39. The maximum absolute atomic E-state index is 12.5. The second-order valence-corrected chi connectivity index (χ2v) is 5.22. The van der Waals surface area contributed by atoms with Crippen molar-refractivity contribution in [2.24, 2.45) is 0 Å². The largest absolute Gasteiger partial charge is 0.496 e. The van der Waals surface area contributed by atoms with Gasteiger partial charge in [-0.25, -0.2) is 0 Å². The first-order chi connectivity index (χ1) is 8.54. The Balaban J connectivity index is 2.26. The summed E-state index contributed by atoms with van der Waals surface area (Å²) in [5.74, 6) is 0.895. The summed E-state index contributed by atoms with van der Waals surface area (Å²) in [7, 11) is 1.64. The van der Waals surface area contributed by atoms with E-state index >= 15 is 0 Å². The van der Waals surface area contributed by atoms with Crippen LogP contribution in [0.2, 0.25) is 0 Å². The number of hydrogen-bond donors (Lipinski definition) is 0. The predicted octanol–water partition coefficient (Wildman–Crippen LogP) is 3.02. The summed E-state index contributed by atoms with van der Waals surface area (Å²) >= 11 is 0. The molecule has 98 valence electrons. The van der Waals surface area contributed by atoms with Crippen LogP contribution >= 0.6 is 0 Å². The van der Waals surface area contributed by atoms with Crippen LogP contribution in [0.5, 0.6) is 5.75 Å². The van der Waals surface area contributed by atoms with Gasteiger partial charge in [0, 0.05) is 17.6 Å². The van der Waals surface area contributed by atoms with Gasteiger partial charge < -0.3 is 9.64 Å². The first-order valence-electron chi connectivity index (χ1n) is 6.52. The summed E-state index contributed by atoms with van der Waals surface area (Å²) in [6.45, 7) is 6.12. The Labute approximate surface area is 109 Å². The van der Waals surface area contributed by atoms with Crippen molar-refractivity contribution < 1.29 is 9.53 Å². The molecule has 0 aromatic heterocycles. The molecule has 0 unspecified atom stereocenters. The molecule has 0 saturated heterocycles. The number of ether oxygens (including phenoxy) is 1. The first-order valence-corrected chi connectivity index (χ1v) is 6.52.